The van der Waals surface area contributed by atoms with Gasteiger partial charge in [0, 0.05) is 51.0 Å². The number of rotatable bonds is 9. The van der Waals surface area contributed by atoms with Crippen molar-refractivity contribution in [2.45, 2.75) is 45.6 Å². The van der Waals surface area contributed by atoms with Crippen molar-refractivity contribution in [1.29, 1.82) is 0 Å². The van der Waals surface area contributed by atoms with Crippen molar-refractivity contribution in [2.75, 3.05) is 20.8 Å². The third-order valence-electron chi connectivity index (χ3n) is 4.44. The number of methoxy groups -OCH3 is 2. The van der Waals surface area contributed by atoms with Gasteiger partial charge in [0.25, 0.3) is 0 Å². The normalized spacial score (nSPS) is 13.0. The Morgan fingerprint density at radius 2 is 1.68 bits per heavy atom. The zero-order chi connectivity index (χ0) is 18.3. The lowest BCUT2D eigenvalue weighted by atomic mass is 9.95. The Hall–Kier alpha value is -1.78. The van der Waals surface area contributed by atoms with E-state index in [1.807, 2.05) is 12.4 Å². The molecule has 0 saturated heterocycles. The summed E-state index contributed by atoms with van der Waals surface area (Å²) in [6.45, 7) is 6.92. The van der Waals surface area contributed by atoms with Gasteiger partial charge >= 0.3 is 0 Å². The Morgan fingerprint density at radius 1 is 0.960 bits per heavy atom. The molecule has 0 aliphatic carbocycles. The van der Waals surface area contributed by atoms with Crippen LogP contribution in [0.15, 0.2) is 36.7 Å². The standard InChI is InChI=1S/C21H30N2O2/c1-16-6-8-19(22-13-16)11-18(15-24-4)10-17-7-9-20(23-14-17)12-21(2,3)25-5/h6-9,13-14,18H,10-12,15H2,1-5H3. The minimum absolute atomic E-state index is 0.190. The Morgan fingerprint density at radius 3 is 2.24 bits per heavy atom. The quantitative estimate of drug-likeness (QED) is 0.695. The van der Waals surface area contributed by atoms with E-state index in [-0.39, 0.29) is 5.60 Å². The lowest BCUT2D eigenvalue weighted by Gasteiger charge is -2.22. The number of aromatic nitrogens is 2. The third kappa shape index (κ3) is 6.56. The van der Waals surface area contributed by atoms with Crippen molar-refractivity contribution in [3.05, 3.63) is 59.2 Å². The van der Waals surface area contributed by atoms with Crippen molar-refractivity contribution < 1.29 is 9.47 Å². The Bertz CT molecular complexity index is 636. The molecule has 0 N–H and O–H groups in total. The maximum absolute atomic E-state index is 5.48. The van der Waals surface area contributed by atoms with Gasteiger partial charge in [0.1, 0.15) is 0 Å². The van der Waals surface area contributed by atoms with Crippen LogP contribution in [0, 0.1) is 12.8 Å². The summed E-state index contributed by atoms with van der Waals surface area (Å²) in [6, 6.07) is 8.48. The molecule has 2 aromatic rings. The van der Waals surface area contributed by atoms with Gasteiger partial charge in [-0.1, -0.05) is 12.1 Å². The summed E-state index contributed by atoms with van der Waals surface area (Å²) in [4.78, 5) is 9.13. The van der Waals surface area contributed by atoms with Gasteiger partial charge in [-0.2, -0.15) is 0 Å². The van der Waals surface area contributed by atoms with Crippen molar-refractivity contribution in [1.82, 2.24) is 9.97 Å². The number of ether oxygens (including phenoxy) is 2. The molecule has 1 unspecified atom stereocenters. The molecule has 4 nitrogen and oxygen atoms in total. The maximum Gasteiger partial charge on any atom is 0.0677 e. The highest BCUT2D eigenvalue weighted by Crippen LogP contribution is 2.17. The first-order valence-corrected chi connectivity index (χ1v) is 8.81. The van der Waals surface area contributed by atoms with Crippen LogP contribution < -0.4 is 0 Å². The summed E-state index contributed by atoms with van der Waals surface area (Å²) in [5.74, 6) is 0.392. The molecule has 0 fully saturated rings. The summed E-state index contributed by atoms with van der Waals surface area (Å²) in [5, 5.41) is 0. The number of hydrogen-bond acceptors (Lipinski definition) is 4. The fraction of sp³-hybridized carbons (Fsp3) is 0.524. The van der Waals surface area contributed by atoms with Crippen LogP contribution in [0.2, 0.25) is 0 Å². The van der Waals surface area contributed by atoms with Gasteiger partial charge < -0.3 is 9.47 Å². The molecule has 2 heterocycles. The second kappa shape index (κ2) is 9.07. The van der Waals surface area contributed by atoms with Gasteiger partial charge in [-0.05, 0) is 62.8 Å². The molecule has 0 aliphatic heterocycles. The molecule has 0 saturated carbocycles. The highest BCUT2D eigenvalue weighted by molar-refractivity contribution is 5.17. The van der Waals surface area contributed by atoms with Crippen LogP contribution in [0.1, 0.15) is 36.4 Å². The van der Waals surface area contributed by atoms with Gasteiger partial charge in [0.15, 0.2) is 0 Å². The van der Waals surface area contributed by atoms with Crippen LogP contribution in [-0.4, -0.2) is 36.4 Å². The zero-order valence-electron chi connectivity index (χ0n) is 16.1. The predicted octanol–water partition coefficient (Wildman–Crippen LogP) is 3.80. The van der Waals surface area contributed by atoms with Crippen LogP contribution in [0.4, 0.5) is 0 Å². The number of aryl methyl sites for hydroxylation is 1. The van der Waals surface area contributed by atoms with E-state index in [2.05, 4.69) is 55.0 Å². The minimum Gasteiger partial charge on any atom is -0.384 e. The van der Waals surface area contributed by atoms with E-state index < -0.39 is 0 Å². The average Bonchev–Trinajstić information content (AvgIpc) is 2.59. The van der Waals surface area contributed by atoms with Gasteiger partial charge in [0.05, 0.1) is 5.60 Å². The van der Waals surface area contributed by atoms with E-state index in [1.54, 1.807) is 14.2 Å². The topological polar surface area (TPSA) is 44.2 Å². The lowest BCUT2D eigenvalue weighted by molar-refractivity contribution is 0.0224. The van der Waals surface area contributed by atoms with E-state index >= 15 is 0 Å². The molecule has 0 radical (unpaired) electrons. The largest absolute Gasteiger partial charge is 0.384 e. The fourth-order valence-corrected chi connectivity index (χ4v) is 2.86. The SMILES string of the molecule is COCC(Cc1ccc(CC(C)(C)OC)nc1)Cc1ccc(C)cn1. The van der Waals surface area contributed by atoms with E-state index in [9.17, 15) is 0 Å². The number of pyridine rings is 2. The van der Waals surface area contributed by atoms with Crippen molar-refractivity contribution >= 4 is 0 Å². The Kier molecular flexibility index (Phi) is 7.09. The van der Waals surface area contributed by atoms with Gasteiger partial charge in [0.2, 0.25) is 0 Å². The average molecular weight is 342 g/mol. The highest BCUT2D eigenvalue weighted by Gasteiger charge is 2.18. The monoisotopic (exact) mass is 342 g/mol. The first-order chi connectivity index (χ1) is 11.9. The molecule has 0 bridgehead atoms. The summed E-state index contributed by atoms with van der Waals surface area (Å²) in [7, 11) is 3.49. The summed E-state index contributed by atoms with van der Waals surface area (Å²) in [5.41, 5.74) is 4.39. The first-order valence-electron chi connectivity index (χ1n) is 8.81. The van der Waals surface area contributed by atoms with Crippen molar-refractivity contribution in [2.24, 2.45) is 5.92 Å². The Balaban J connectivity index is 2.00. The van der Waals surface area contributed by atoms with E-state index in [1.165, 1.54) is 11.1 Å². The molecule has 1 atom stereocenters. The van der Waals surface area contributed by atoms with E-state index in [0.29, 0.717) is 12.5 Å². The molecule has 2 aromatic heterocycles. The maximum atomic E-state index is 5.48. The molecule has 136 valence electrons. The van der Waals surface area contributed by atoms with Gasteiger partial charge in [-0.3, -0.25) is 9.97 Å². The van der Waals surface area contributed by atoms with Crippen LogP contribution in [0.5, 0.6) is 0 Å². The number of nitrogens with zero attached hydrogens (tertiary/aromatic N) is 2. The first kappa shape index (κ1) is 19.5. The van der Waals surface area contributed by atoms with Gasteiger partial charge in [-0.25, -0.2) is 0 Å². The second-order valence-corrected chi connectivity index (χ2v) is 7.35. The van der Waals surface area contributed by atoms with Gasteiger partial charge in [-0.15, -0.1) is 0 Å². The summed E-state index contributed by atoms with van der Waals surface area (Å²) < 4.78 is 10.9. The third-order valence-corrected chi connectivity index (χ3v) is 4.44. The van der Waals surface area contributed by atoms with Crippen molar-refractivity contribution in [3.63, 3.8) is 0 Å². The van der Waals surface area contributed by atoms with Crippen LogP contribution in [0.25, 0.3) is 0 Å². The summed E-state index contributed by atoms with van der Waals surface area (Å²) >= 11 is 0. The Labute approximate surface area is 151 Å². The molecule has 25 heavy (non-hydrogen) atoms. The molecule has 0 aromatic carbocycles. The molecule has 0 aliphatic rings. The molecule has 0 spiro atoms. The number of hydrogen-bond donors (Lipinski definition) is 0. The molecule has 4 heteroatoms. The minimum atomic E-state index is -0.190. The molecule has 2 rings (SSSR count). The smallest absolute Gasteiger partial charge is 0.0677 e. The van der Waals surface area contributed by atoms with E-state index in [4.69, 9.17) is 9.47 Å². The van der Waals surface area contributed by atoms with Crippen LogP contribution in [0.3, 0.4) is 0 Å². The second-order valence-electron chi connectivity index (χ2n) is 7.35. The van der Waals surface area contributed by atoms with E-state index in [0.717, 1.165) is 30.7 Å². The molecular formula is C21H30N2O2. The zero-order valence-corrected chi connectivity index (χ0v) is 16.1. The lowest BCUT2D eigenvalue weighted by Crippen LogP contribution is -2.26. The van der Waals surface area contributed by atoms with Crippen LogP contribution in [-0.2, 0) is 28.7 Å². The predicted molar refractivity (Wildman–Crippen MR) is 101 cm³/mol. The molecule has 0 amide bonds. The molecular weight excluding hydrogens is 312 g/mol. The van der Waals surface area contributed by atoms with Crippen LogP contribution >= 0.6 is 0 Å². The van der Waals surface area contributed by atoms with Crippen molar-refractivity contribution in [3.8, 4) is 0 Å². The fourth-order valence-electron chi connectivity index (χ4n) is 2.86. The highest BCUT2D eigenvalue weighted by atomic mass is 16.5. The summed E-state index contributed by atoms with van der Waals surface area (Å²) in [6.07, 6.45) is 6.55.